The molecule has 1 aliphatic heterocycles. The maximum absolute atomic E-state index is 14.5. The number of amides is 2. The first-order valence-electron chi connectivity index (χ1n) is 12.1. The number of hydrogen-bond donors (Lipinski definition) is 3. The zero-order valence-electron chi connectivity index (χ0n) is 21.3. The number of carbonyl (C=O) groups is 2. The van der Waals surface area contributed by atoms with E-state index in [9.17, 15) is 32.3 Å². The Morgan fingerprint density at radius 1 is 1.15 bits per heavy atom. The van der Waals surface area contributed by atoms with Crippen molar-refractivity contribution in [2.75, 3.05) is 13.2 Å². The van der Waals surface area contributed by atoms with E-state index in [0.717, 1.165) is 23.7 Å². The first-order valence-corrected chi connectivity index (χ1v) is 12.1. The lowest BCUT2D eigenvalue weighted by Crippen LogP contribution is -2.51. The van der Waals surface area contributed by atoms with Crippen molar-refractivity contribution in [3.63, 3.8) is 0 Å². The number of alkyl halides is 3. The van der Waals surface area contributed by atoms with Gasteiger partial charge in [0.15, 0.2) is 0 Å². The first kappa shape index (κ1) is 27.1. The number of benzene rings is 2. The molecule has 5 rings (SSSR count). The molecule has 4 aromatic rings. The van der Waals surface area contributed by atoms with Crippen LogP contribution in [0.5, 0.6) is 5.75 Å². The van der Waals surface area contributed by atoms with E-state index in [4.69, 9.17) is 10.5 Å². The van der Waals surface area contributed by atoms with Crippen LogP contribution in [-0.2, 0) is 22.9 Å². The van der Waals surface area contributed by atoms with Crippen LogP contribution in [0.1, 0.15) is 28.5 Å². The van der Waals surface area contributed by atoms with Gasteiger partial charge >= 0.3 is 6.18 Å². The quantitative estimate of drug-likeness (QED) is 0.313. The summed E-state index contributed by atoms with van der Waals surface area (Å²) in [7, 11) is 1.81. The third kappa shape index (κ3) is 4.34. The number of aromatic nitrogens is 2. The molecule has 12 heteroatoms. The van der Waals surface area contributed by atoms with Crippen LogP contribution in [0.3, 0.4) is 0 Å². The molecule has 0 fully saturated rings. The summed E-state index contributed by atoms with van der Waals surface area (Å²) < 4.78 is 64.6. The molecule has 0 radical (unpaired) electrons. The maximum atomic E-state index is 14.5. The zero-order valence-corrected chi connectivity index (χ0v) is 21.3. The molecule has 0 aliphatic carbocycles. The molecule has 1 aliphatic rings. The van der Waals surface area contributed by atoms with Crippen molar-refractivity contribution >= 4 is 22.7 Å². The highest BCUT2D eigenvalue weighted by Gasteiger charge is 2.57. The molecule has 0 saturated heterocycles. The molecule has 0 spiro atoms. The molecule has 2 amide bonds. The first-order chi connectivity index (χ1) is 18.7. The van der Waals surface area contributed by atoms with Crippen LogP contribution in [0.15, 0.2) is 60.8 Å². The minimum absolute atomic E-state index is 0.0126. The van der Waals surface area contributed by atoms with Crippen LogP contribution in [-0.4, -0.2) is 45.8 Å². The molecule has 208 valence electrons. The summed E-state index contributed by atoms with van der Waals surface area (Å²) in [5, 5.41) is 14.0. The Labute approximate surface area is 225 Å². The Morgan fingerprint density at radius 3 is 2.50 bits per heavy atom. The topological polar surface area (TPSA) is 119 Å². The van der Waals surface area contributed by atoms with Gasteiger partial charge in [-0.2, -0.15) is 13.2 Å². The summed E-state index contributed by atoms with van der Waals surface area (Å²) >= 11 is 0. The van der Waals surface area contributed by atoms with Crippen molar-refractivity contribution in [1.29, 1.82) is 0 Å². The Bertz CT molecular complexity index is 1650. The average Bonchev–Trinajstić information content (AvgIpc) is 3.46. The van der Waals surface area contributed by atoms with E-state index in [-0.39, 0.29) is 34.7 Å². The van der Waals surface area contributed by atoms with Crippen LogP contribution < -0.4 is 15.8 Å². The van der Waals surface area contributed by atoms with Crippen LogP contribution in [0.25, 0.3) is 22.2 Å². The number of fused-ring (bicyclic) bond motifs is 2. The minimum atomic E-state index is -5.31. The van der Waals surface area contributed by atoms with E-state index in [1.165, 1.54) is 31.2 Å². The zero-order chi connectivity index (χ0) is 29.0. The fourth-order valence-corrected chi connectivity index (χ4v) is 4.67. The minimum Gasteiger partial charge on any atom is -0.489 e. The van der Waals surface area contributed by atoms with E-state index in [2.05, 4.69) is 10.3 Å². The molecule has 0 bridgehead atoms. The van der Waals surface area contributed by atoms with Crippen LogP contribution in [0.2, 0.25) is 0 Å². The van der Waals surface area contributed by atoms with Crippen molar-refractivity contribution < 1.29 is 37.0 Å². The van der Waals surface area contributed by atoms with Gasteiger partial charge in [-0.25, -0.2) is 9.37 Å². The standard InChI is InChI=1S/C28H24F4N4O4/c1-26(25(33)38)14-40-23-19(26)12-21(35-22(23)15-3-6-18(29)7-4-15)27(39,28(30,31)32)13-34-24(37)17-5-8-20-16(11-17)9-10-36(20)2/h3-12,39H,13-14H2,1-2H3,(H2,33,38)(H,34,37)/t26-,27?/m0/s1. The van der Waals surface area contributed by atoms with E-state index in [1.807, 2.05) is 11.6 Å². The van der Waals surface area contributed by atoms with E-state index in [0.29, 0.717) is 5.39 Å². The summed E-state index contributed by atoms with van der Waals surface area (Å²) in [6.45, 7) is -0.168. The second-order valence-electron chi connectivity index (χ2n) is 9.97. The van der Waals surface area contributed by atoms with Crippen molar-refractivity contribution in [2.24, 2.45) is 12.8 Å². The van der Waals surface area contributed by atoms with Gasteiger partial charge in [0.05, 0.1) is 12.2 Å². The lowest BCUT2D eigenvalue weighted by atomic mass is 9.81. The number of nitrogens with zero attached hydrogens (tertiary/aromatic N) is 2. The van der Waals surface area contributed by atoms with Crippen LogP contribution in [0, 0.1) is 5.82 Å². The van der Waals surface area contributed by atoms with Crippen LogP contribution in [0.4, 0.5) is 17.6 Å². The highest BCUT2D eigenvalue weighted by atomic mass is 19.4. The van der Waals surface area contributed by atoms with Gasteiger partial charge in [-0.05, 0) is 61.5 Å². The number of primary amides is 1. The number of aliphatic hydroxyl groups is 1. The summed E-state index contributed by atoms with van der Waals surface area (Å²) in [5.74, 6) is -2.32. The average molecular weight is 557 g/mol. The monoisotopic (exact) mass is 556 g/mol. The lowest BCUT2D eigenvalue weighted by molar-refractivity contribution is -0.265. The van der Waals surface area contributed by atoms with Crippen molar-refractivity contribution in [3.05, 3.63) is 83.4 Å². The smallest absolute Gasteiger partial charge is 0.424 e. The van der Waals surface area contributed by atoms with Gasteiger partial charge in [0.25, 0.3) is 5.91 Å². The van der Waals surface area contributed by atoms with E-state index in [1.54, 1.807) is 18.3 Å². The highest BCUT2D eigenvalue weighted by Crippen LogP contribution is 2.47. The number of ether oxygens (including phenoxy) is 1. The van der Waals surface area contributed by atoms with Crippen molar-refractivity contribution in [3.8, 4) is 17.0 Å². The van der Waals surface area contributed by atoms with Gasteiger partial charge in [-0.3, -0.25) is 9.59 Å². The Balaban J connectivity index is 1.58. The summed E-state index contributed by atoms with van der Waals surface area (Å²) in [4.78, 5) is 29.3. The molecule has 40 heavy (non-hydrogen) atoms. The Hall–Kier alpha value is -4.45. The van der Waals surface area contributed by atoms with Gasteiger partial charge in [0, 0.05) is 40.8 Å². The fraction of sp³-hybridized carbons (Fsp3) is 0.250. The number of pyridine rings is 1. The van der Waals surface area contributed by atoms with Crippen LogP contribution >= 0.6 is 0 Å². The third-order valence-electron chi connectivity index (χ3n) is 7.28. The number of nitrogens with one attached hydrogen (secondary N) is 1. The molecule has 0 saturated carbocycles. The highest BCUT2D eigenvalue weighted by molar-refractivity contribution is 5.98. The molecule has 1 unspecified atom stereocenters. The van der Waals surface area contributed by atoms with E-state index < -0.39 is 47.1 Å². The number of aryl methyl sites for hydroxylation is 1. The molecular formula is C28H24F4N4O4. The van der Waals surface area contributed by atoms with Gasteiger partial charge in [-0.1, -0.05) is 0 Å². The maximum Gasteiger partial charge on any atom is 0.424 e. The fourth-order valence-electron chi connectivity index (χ4n) is 4.67. The summed E-state index contributed by atoms with van der Waals surface area (Å²) in [6.07, 6.45) is -3.54. The molecule has 2 aromatic heterocycles. The largest absolute Gasteiger partial charge is 0.489 e. The normalized spacial score (nSPS) is 18.2. The number of nitrogens with two attached hydrogens (primary N) is 1. The number of halogens is 4. The third-order valence-corrected chi connectivity index (χ3v) is 7.28. The molecule has 4 N–H and O–H groups in total. The Kier molecular flexibility index (Phi) is 6.33. The molecule has 2 atom stereocenters. The predicted molar refractivity (Wildman–Crippen MR) is 137 cm³/mol. The number of carbonyl (C=O) groups excluding carboxylic acids is 2. The summed E-state index contributed by atoms with van der Waals surface area (Å²) in [6, 6.07) is 12.0. The molecule has 8 nitrogen and oxygen atoms in total. The number of hydrogen-bond acceptors (Lipinski definition) is 5. The number of rotatable bonds is 6. The van der Waals surface area contributed by atoms with Gasteiger partial charge in [-0.15, -0.1) is 0 Å². The Morgan fingerprint density at radius 2 is 1.85 bits per heavy atom. The van der Waals surface area contributed by atoms with Gasteiger partial charge in [0.1, 0.15) is 29.3 Å². The van der Waals surface area contributed by atoms with E-state index >= 15 is 0 Å². The second-order valence-corrected chi connectivity index (χ2v) is 9.97. The van der Waals surface area contributed by atoms with Gasteiger partial charge in [0.2, 0.25) is 11.5 Å². The lowest BCUT2D eigenvalue weighted by Gasteiger charge is -2.31. The second kappa shape index (κ2) is 9.33. The molecule has 3 heterocycles. The van der Waals surface area contributed by atoms with Crippen molar-refractivity contribution in [2.45, 2.75) is 24.1 Å². The SMILES string of the molecule is Cn1ccc2cc(C(=O)NCC(O)(c3cc4c(c(-c5ccc(F)cc5)n3)OC[C@]4(C)C(N)=O)C(F)(F)F)ccc21. The molecule has 2 aromatic carbocycles. The predicted octanol–water partition coefficient (Wildman–Crippen LogP) is 3.69. The van der Waals surface area contributed by atoms with Crippen molar-refractivity contribution in [1.82, 2.24) is 14.9 Å². The van der Waals surface area contributed by atoms with Gasteiger partial charge < -0.3 is 25.5 Å². The molecular weight excluding hydrogens is 532 g/mol. The summed E-state index contributed by atoms with van der Waals surface area (Å²) in [5.41, 5.74) is 0.377.